The number of rotatable bonds is 7. The molecule has 2 rings (SSSR count). The van der Waals surface area contributed by atoms with Crippen molar-refractivity contribution in [2.45, 2.75) is 60.3 Å². The minimum atomic E-state index is 0.844. The van der Waals surface area contributed by atoms with Gasteiger partial charge in [0, 0.05) is 17.7 Å². The molecule has 0 saturated heterocycles. The van der Waals surface area contributed by atoms with Crippen LogP contribution in [0.25, 0.3) is 6.08 Å². The van der Waals surface area contributed by atoms with E-state index >= 15 is 0 Å². The number of aryl methyl sites for hydroxylation is 1. The highest BCUT2D eigenvalue weighted by molar-refractivity contribution is 5.95. The fourth-order valence-electron chi connectivity index (χ4n) is 3.33. The summed E-state index contributed by atoms with van der Waals surface area (Å²) in [5.74, 6) is 2.71. The Morgan fingerprint density at radius 3 is 2.67 bits per heavy atom. The van der Waals surface area contributed by atoms with Crippen LogP contribution in [0.2, 0.25) is 0 Å². The number of allylic oxidation sites excluding steroid dienone is 6. The number of fused-ring (bicyclic) bond motifs is 1. The Kier molecular flexibility index (Phi) is 7.62. The summed E-state index contributed by atoms with van der Waals surface area (Å²) in [6.07, 6.45) is 18.3. The smallest absolute Gasteiger partial charge is 0.0654 e. The van der Waals surface area contributed by atoms with Crippen LogP contribution in [0, 0.1) is 12.3 Å². The third-order valence-electron chi connectivity index (χ3n) is 4.68. The van der Waals surface area contributed by atoms with E-state index in [1.54, 1.807) is 0 Å². The molecule has 0 N–H and O–H groups in total. The van der Waals surface area contributed by atoms with Crippen LogP contribution in [0.1, 0.15) is 64.2 Å². The van der Waals surface area contributed by atoms with Crippen LogP contribution in [0.4, 0.5) is 0 Å². The van der Waals surface area contributed by atoms with Gasteiger partial charge in [-0.2, -0.15) is 0 Å². The van der Waals surface area contributed by atoms with Gasteiger partial charge in [-0.1, -0.05) is 55.2 Å². The maximum atomic E-state index is 5.58. The van der Waals surface area contributed by atoms with Crippen LogP contribution in [-0.2, 0) is 12.8 Å². The van der Waals surface area contributed by atoms with Crippen molar-refractivity contribution in [1.29, 1.82) is 0 Å². The molecule has 0 unspecified atom stereocenters. The van der Waals surface area contributed by atoms with Crippen LogP contribution in [0.5, 0.6) is 0 Å². The van der Waals surface area contributed by atoms with Gasteiger partial charge < -0.3 is 0 Å². The van der Waals surface area contributed by atoms with E-state index in [9.17, 15) is 0 Å². The molecule has 0 atom stereocenters. The molecule has 0 radical (unpaired) electrons. The lowest BCUT2D eigenvalue weighted by Gasteiger charge is -2.07. The van der Waals surface area contributed by atoms with Gasteiger partial charge in [0.2, 0.25) is 0 Å². The van der Waals surface area contributed by atoms with E-state index in [1.165, 1.54) is 40.7 Å². The van der Waals surface area contributed by atoms with Crippen LogP contribution in [0.3, 0.4) is 0 Å². The zero-order valence-corrected chi connectivity index (χ0v) is 17.4. The molecular weight excluding hydrogens is 326 g/mol. The fourth-order valence-corrected chi connectivity index (χ4v) is 3.33. The highest BCUT2D eigenvalue weighted by Crippen LogP contribution is 2.32. The summed E-state index contributed by atoms with van der Waals surface area (Å²) < 4.78 is 0. The largest absolute Gasteiger partial charge is 0.253 e. The Morgan fingerprint density at radius 2 is 2.04 bits per heavy atom. The molecule has 1 aromatic rings. The van der Waals surface area contributed by atoms with E-state index in [0.29, 0.717) is 0 Å². The first kappa shape index (κ1) is 20.7. The number of terminal acetylenes is 1. The average Bonchev–Trinajstić information content (AvgIpc) is 3.06. The molecule has 0 amide bonds. The van der Waals surface area contributed by atoms with E-state index in [-0.39, 0.29) is 0 Å². The highest BCUT2D eigenvalue weighted by Gasteiger charge is 2.17. The van der Waals surface area contributed by atoms with Gasteiger partial charge in [-0.05, 0) is 75.0 Å². The van der Waals surface area contributed by atoms with E-state index in [0.717, 1.165) is 29.8 Å². The maximum absolute atomic E-state index is 5.58. The molecular formula is C26H31N. The Morgan fingerprint density at radius 1 is 1.26 bits per heavy atom. The van der Waals surface area contributed by atoms with Gasteiger partial charge in [-0.3, -0.25) is 4.99 Å². The lowest BCUT2D eigenvalue weighted by Crippen LogP contribution is -1.96. The van der Waals surface area contributed by atoms with Crippen LogP contribution < -0.4 is 0 Å². The monoisotopic (exact) mass is 357 g/mol. The normalized spacial score (nSPS) is 14.1. The number of benzene rings is 1. The minimum absolute atomic E-state index is 0.844. The summed E-state index contributed by atoms with van der Waals surface area (Å²) in [4.78, 5) is 4.91. The van der Waals surface area contributed by atoms with Gasteiger partial charge in [-0.15, -0.1) is 6.42 Å². The first-order valence-corrected chi connectivity index (χ1v) is 9.85. The third-order valence-corrected chi connectivity index (χ3v) is 4.68. The van der Waals surface area contributed by atoms with Crippen molar-refractivity contribution >= 4 is 11.8 Å². The van der Waals surface area contributed by atoms with Crippen molar-refractivity contribution in [3.8, 4) is 12.3 Å². The Labute approximate surface area is 165 Å². The minimum Gasteiger partial charge on any atom is -0.253 e. The topological polar surface area (TPSA) is 12.4 Å². The number of unbranched alkanes of at least 4 members (excludes halogenated alkanes) is 1. The second-order valence-electron chi connectivity index (χ2n) is 7.33. The van der Waals surface area contributed by atoms with E-state index < -0.39 is 0 Å². The molecule has 0 heterocycles. The third kappa shape index (κ3) is 5.69. The summed E-state index contributed by atoms with van der Waals surface area (Å²) in [6.45, 7) is 10.5. The molecule has 0 bridgehead atoms. The summed E-state index contributed by atoms with van der Waals surface area (Å²) in [5.41, 5.74) is 9.53. The predicted molar refractivity (Wildman–Crippen MR) is 120 cm³/mol. The summed E-state index contributed by atoms with van der Waals surface area (Å²) in [5, 5.41) is 0. The zero-order valence-electron chi connectivity index (χ0n) is 17.4. The van der Waals surface area contributed by atoms with Crippen molar-refractivity contribution < 1.29 is 0 Å². The fraction of sp³-hybridized carbons (Fsp3) is 0.346. The molecule has 0 aromatic heterocycles. The van der Waals surface area contributed by atoms with Gasteiger partial charge in [0.1, 0.15) is 0 Å². The van der Waals surface area contributed by atoms with Crippen LogP contribution in [0.15, 0.2) is 63.8 Å². The number of nitrogens with zero attached hydrogens (tertiary/aromatic N) is 1. The molecule has 0 aliphatic heterocycles. The number of aliphatic imine (C=N–C) groups is 1. The lowest BCUT2D eigenvalue weighted by atomic mass is 10.0. The van der Waals surface area contributed by atoms with Gasteiger partial charge in [-0.25, -0.2) is 0 Å². The molecule has 1 aromatic carbocycles. The molecule has 1 aliphatic rings. The van der Waals surface area contributed by atoms with Gasteiger partial charge in [0.05, 0.1) is 5.70 Å². The van der Waals surface area contributed by atoms with Gasteiger partial charge >= 0.3 is 0 Å². The molecule has 0 spiro atoms. The van der Waals surface area contributed by atoms with E-state index in [2.05, 4.69) is 51.0 Å². The quantitative estimate of drug-likeness (QED) is 0.287. The number of hydrogen-bond acceptors (Lipinski definition) is 1. The molecule has 0 fully saturated rings. The van der Waals surface area contributed by atoms with Crippen molar-refractivity contribution in [2.24, 2.45) is 4.99 Å². The first-order chi connectivity index (χ1) is 13.0. The molecule has 1 aliphatic carbocycles. The average molecular weight is 358 g/mol. The van der Waals surface area contributed by atoms with Crippen molar-refractivity contribution in [3.05, 3.63) is 75.5 Å². The lowest BCUT2D eigenvalue weighted by molar-refractivity contribution is 0.795. The SMILES string of the molecule is C#CC(/C=C\C)=C/C(C)=N/C(C1=Cc2cc(CCCC)ccc2C1)=C(C)C. The summed E-state index contributed by atoms with van der Waals surface area (Å²) >= 11 is 0. The molecule has 1 nitrogen and oxygen atoms in total. The first-order valence-electron chi connectivity index (χ1n) is 9.85. The number of hydrogen-bond donors (Lipinski definition) is 0. The standard InChI is InChI=1S/C26H31N/c1-7-10-12-22-13-14-23-17-25(18-24(23)16-22)26(19(4)5)27-20(6)15-21(9-3)11-8-2/h3,8,11,13-16,18H,7,10,12,17H2,1-2,4-6H3/b11-8-,21-15-,27-20+. The highest BCUT2D eigenvalue weighted by atomic mass is 14.8. The van der Waals surface area contributed by atoms with Crippen molar-refractivity contribution in [1.82, 2.24) is 0 Å². The van der Waals surface area contributed by atoms with E-state index in [1.807, 2.05) is 32.1 Å². The Bertz CT molecular complexity index is 875. The molecule has 1 heteroatoms. The second-order valence-corrected chi connectivity index (χ2v) is 7.33. The van der Waals surface area contributed by atoms with Crippen LogP contribution in [-0.4, -0.2) is 5.71 Å². The molecule has 140 valence electrons. The van der Waals surface area contributed by atoms with Crippen molar-refractivity contribution in [3.63, 3.8) is 0 Å². The molecule has 27 heavy (non-hydrogen) atoms. The maximum Gasteiger partial charge on any atom is 0.0654 e. The summed E-state index contributed by atoms with van der Waals surface area (Å²) in [7, 11) is 0. The van der Waals surface area contributed by atoms with Crippen LogP contribution >= 0.6 is 0 Å². The second kappa shape index (κ2) is 9.93. The van der Waals surface area contributed by atoms with E-state index in [4.69, 9.17) is 11.4 Å². The van der Waals surface area contributed by atoms with Crippen molar-refractivity contribution in [2.75, 3.05) is 0 Å². The summed E-state index contributed by atoms with van der Waals surface area (Å²) in [6, 6.07) is 6.91. The van der Waals surface area contributed by atoms with Gasteiger partial charge in [0.15, 0.2) is 0 Å². The Hall–Kier alpha value is -2.59. The predicted octanol–water partition coefficient (Wildman–Crippen LogP) is 6.86. The van der Waals surface area contributed by atoms with Gasteiger partial charge in [0.25, 0.3) is 0 Å². The zero-order chi connectivity index (χ0) is 19.8. The Balaban J connectivity index is 2.32. The molecule has 0 saturated carbocycles.